The van der Waals surface area contributed by atoms with Crippen molar-refractivity contribution >= 4 is 22.1 Å². The minimum atomic E-state index is 0. The topological polar surface area (TPSA) is 90.2 Å². The number of benzene rings is 3. The van der Waals surface area contributed by atoms with E-state index < -0.39 is 0 Å². The zero-order valence-corrected chi connectivity index (χ0v) is 19.6. The molecule has 6 aromatic rings. The van der Waals surface area contributed by atoms with E-state index in [1.807, 2.05) is 91.0 Å². The number of para-hydroxylation sites is 2. The van der Waals surface area contributed by atoms with Crippen molar-refractivity contribution in [2.75, 3.05) is 0 Å². The Morgan fingerprint density at radius 1 is 0.529 bits per heavy atom. The van der Waals surface area contributed by atoms with Crippen LogP contribution in [0.1, 0.15) is 7.43 Å². The van der Waals surface area contributed by atoms with Crippen molar-refractivity contribution in [1.29, 1.82) is 0 Å². The molecule has 1 radical (unpaired) electrons. The van der Waals surface area contributed by atoms with Crippen molar-refractivity contribution in [3.63, 3.8) is 0 Å². The third kappa shape index (κ3) is 5.67. The van der Waals surface area contributed by atoms with Crippen LogP contribution in [0, 0.1) is 6.07 Å². The maximum absolute atomic E-state index is 4.44. The molecular weight excluding hydrogens is 603 g/mol. The first-order chi connectivity index (χ1) is 15.9. The minimum Gasteiger partial charge on any atom is -0.273 e. The molecule has 0 aliphatic carbocycles. The molecule has 0 N–H and O–H groups in total. The van der Waals surface area contributed by atoms with Crippen LogP contribution < -0.4 is 0 Å². The number of pyridine rings is 1. The standard InChI is InChI=1S/C13H8N3.C12H8N4.CH4.Ir/c1-2-6-10(7-3-1)13-14-11-8-4-5-9-12(11)15-16-13;1-2-6-10-9(5-1)14-12(16-15-10)11-7-3-4-8-13-11;;/h1-6,8-9H;1-8H;1H4;/q-1;;;. The molecule has 0 aliphatic rings. The fourth-order valence-corrected chi connectivity index (χ4v) is 3.01. The van der Waals surface area contributed by atoms with Crippen LogP contribution in [0.2, 0.25) is 0 Å². The van der Waals surface area contributed by atoms with Crippen LogP contribution in [0.25, 0.3) is 45.0 Å². The Balaban J connectivity index is 0.000000180. The first-order valence-electron chi connectivity index (χ1n) is 9.94. The first-order valence-corrected chi connectivity index (χ1v) is 9.94. The molecule has 0 aliphatic heterocycles. The van der Waals surface area contributed by atoms with Gasteiger partial charge in [0.1, 0.15) is 16.7 Å². The van der Waals surface area contributed by atoms with Crippen molar-refractivity contribution in [2.24, 2.45) is 0 Å². The molecule has 0 amide bonds. The van der Waals surface area contributed by atoms with Crippen molar-refractivity contribution < 1.29 is 20.1 Å². The van der Waals surface area contributed by atoms with E-state index in [-0.39, 0.29) is 27.5 Å². The zero-order valence-electron chi connectivity index (χ0n) is 17.2. The van der Waals surface area contributed by atoms with Crippen molar-refractivity contribution in [1.82, 2.24) is 35.3 Å². The largest absolute Gasteiger partial charge is 0.273 e. The molecule has 6 rings (SSSR count). The predicted molar refractivity (Wildman–Crippen MR) is 129 cm³/mol. The number of fused-ring (bicyclic) bond motifs is 2. The Morgan fingerprint density at radius 3 is 1.68 bits per heavy atom. The first kappa shape index (κ1) is 24.6. The smallest absolute Gasteiger partial charge is 0.200 e. The molecule has 0 saturated carbocycles. The number of hydrogen-bond donors (Lipinski definition) is 0. The van der Waals surface area contributed by atoms with Gasteiger partial charge in [0.25, 0.3) is 0 Å². The molecule has 0 fully saturated rings. The van der Waals surface area contributed by atoms with Crippen LogP contribution in [0.5, 0.6) is 0 Å². The van der Waals surface area contributed by atoms with Gasteiger partial charge < -0.3 is 0 Å². The summed E-state index contributed by atoms with van der Waals surface area (Å²) in [7, 11) is 0. The summed E-state index contributed by atoms with van der Waals surface area (Å²) in [4.78, 5) is 13.0. The molecule has 3 heterocycles. The summed E-state index contributed by atoms with van der Waals surface area (Å²) in [5.74, 6) is 1.17. The minimum absolute atomic E-state index is 0. The van der Waals surface area contributed by atoms with Crippen LogP contribution in [-0.4, -0.2) is 35.3 Å². The van der Waals surface area contributed by atoms with E-state index in [4.69, 9.17) is 0 Å². The van der Waals surface area contributed by atoms with Crippen LogP contribution in [0.3, 0.4) is 0 Å². The van der Waals surface area contributed by atoms with Gasteiger partial charge in [-0.25, -0.2) is 4.98 Å². The van der Waals surface area contributed by atoms with Crippen molar-refractivity contribution in [3.05, 3.63) is 103 Å². The van der Waals surface area contributed by atoms with Crippen molar-refractivity contribution in [2.45, 2.75) is 7.43 Å². The Hall–Kier alpha value is -4.00. The number of nitrogens with zero attached hydrogens (tertiary/aromatic N) is 7. The van der Waals surface area contributed by atoms with Crippen molar-refractivity contribution in [3.8, 4) is 22.9 Å². The van der Waals surface area contributed by atoms with Gasteiger partial charge in [0.15, 0.2) is 0 Å². The average molecular weight is 623 g/mol. The van der Waals surface area contributed by atoms with Gasteiger partial charge in [0.05, 0.1) is 16.9 Å². The summed E-state index contributed by atoms with van der Waals surface area (Å²) in [6.45, 7) is 0. The maximum atomic E-state index is 4.44. The number of rotatable bonds is 2. The predicted octanol–water partition coefficient (Wildman–Crippen LogP) is 5.21. The van der Waals surface area contributed by atoms with Crippen LogP contribution in [-0.2, 0) is 20.1 Å². The molecule has 0 spiro atoms. The molecule has 3 aromatic carbocycles. The summed E-state index contributed by atoms with van der Waals surface area (Å²) < 4.78 is 0. The molecule has 34 heavy (non-hydrogen) atoms. The van der Waals surface area contributed by atoms with Gasteiger partial charge in [-0.1, -0.05) is 37.8 Å². The van der Waals surface area contributed by atoms with Gasteiger partial charge in [-0.05, 0) is 36.4 Å². The molecule has 8 heteroatoms. The molecule has 0 bridgehead atoms. The van der Waals surface area contributed by atoms with Crippen LogP contribution in [0.15, 0.2) is 97.2 Å². The number of hydrogen-bond acceptors (Lipinski definition) is 7. The second kappa shape index (κ2) is 11.7. The molecular formula is C26H20IrN7-. The van der Waals surface area contributed by atoms with Crippen LogP contribution in [0.4, 0.5) is 0 Å². The van der Waals surface area contributed by atoms with E-state index in [0.29, 0.717) is 11.6 Å². The monoisotopic (exact) mass is 623 g/mol. The molecule has 0 unspecified atom stereocenters. The molecule has 0 saturated heterocycles. The summed E-state index contributed by atoms with van der Waals surface area (Å²) in [6.07, 6.45) is 1.72. The van der Waals surface area contributed by atoms with E-state index in [0.717, 1.165) is 33.3 Å². The second-order valence-corrected chi connectivity index (χ2v) is 6.74. The summed E-state index contributed by atoms with van der Waals surface area (Å²) in [5.41, 5.74) is 4.88. The summed E-state index contributed by atoms with van der Waals surface area (Å²) >= 11 is 0. The van der Waals surface area contributed by atoms with Gasteiger partial charge in [0.2, 0.25) is 5.82 Å². The zero-order chi connectivity index (χ0) is 21.6. The van der Waals surface area contributed by atoms with Gasteiger partial charge in [-0.15, -0.1) is 46.1 Å². The number of aromatic nitrogens is 7. The molecule has 3 aromatic heterocycles. The third-order valence-electron chi connectivity index (χ3n) is 4.57. The fraction of sp³-hybridized carbons (Fsp3) is 0.0385. The molecule has 0 atom stereocenters. The maximum Gasteiger partial charge on any atom is 0.200 e. The average Bonchev–Trinajstić information content (AvgIpc) is 2.89. The van der Waals surface area contributed by atoms with E-state index in [9.17, 15) is 0 Å². The quantitative estimate of drug-likeness (QED) is 0.245. The summed E-state index contributed by atoms with van der Waals surface area (Å²) in [5, 5.41) is 16.4. The Labute approximate surface area is 210 Å². The molecule has 7 nitrogen and oxygen atoms in total. The van der Waals surface area contributed by atoms with Gasteiger partial charge >= 0.3 is 0 Å². The van der Waals surface area contributed by atoms with E-state index in [2.05, 4.69) is 41.4 Å². The second-order valence-electron chi connectivity index (χ2n) is 6.74. The summed E-state index contributed by atoms with van der Waals surface area (Å²) in [6, 6.07) is 31.7. The Bertz CT molecular complexity index is 1360. The van der Waals surface area contributed by atoms with Gasteiger partial charge in [-0.2, -0.15) is 10.2 Å². The normalized spacial score (nSPS) is 9.88. The van der Waals surface area contributed by atoms with Gasteiger partial charge in [-0.3, -0.25) is 9.97 Å². The van der Waals surface area contributed by atoms with Gasteiger partial charge in [0, 0.05) is 26.3 Å². The third-order valence-corrected chi connectivity index (χ3v) is 4.57. The van der Waals surface area contributed by atoms with Crippen LogP contribution >= 0.6 is 0 Å². The SMILES string of the molecule is C.[Ir].[c-]1ccccc1-c1nnc2ccccc2n1.c1ccc(-c2nnc3ccccc3n2)nc1. The Kier molecular flexibility index (Phi) is 8.51. The fourth-order valence-electron chi connectivity index (χ4n) is 3.01. The van der Waals surface area contributed by atoms with E-state index in [1.165, 1.54) is 0 Å². The Morgan fingerprint density at radius 2 is 1.09 bits per heavy atom. The molecule has 169 valence electrons. The van der Waals surface area contributed by atoms with E-state index >= 15 is 0 Å². The van der Waals surface area contributed by atoms with E-state index in [1.54, 1.807) is 6.20 Å².